The Labute approximate surface area is 122 Å². The average Bonchev–Trinajstić information content (AvgIpc) is 2.98. The van der Waals surface area contributed by atoms with E-state index in [9.17, 15) is 8.42 Å². The number of nitrogens with zero attached hydrogens (tertiary/aromatic N) is 2. The third-order valence-electron chi connectivity index (χ3n) is 2.80. The summed E-state index contributed by atoms with van der Waals surface area (Å²) in [5, 5.41) is 5.93. The van der Waals surface area contributed by atoms with E-state index >= 15 is 0 Å². The van der Waals surface area contributed by atoms with Gasteiger partial charge in [-0.1, -0.05) is 13.0 Å². The molecule has 8 heteroatoms. The molecule has 0 aliphatic rings. The molecule has 2 heterocycles. The van der Waals surface area contributed by atoms with Crippen molar-refractivity contribution in [3.05, 3.63) is 28.6 Å². The second kappa shape index (κ2) is 5.94. The van der Waals surface area contributed by atoms with Gasteiger partial charge in [0.1, 0.15) is 4.90 Å². The van der Waals surface area contributed by atoms with Gasteiger partial charge in [0.05, 0.1) is 6.04 Å². The van der Waals surface area contributed by atoms with Gasteiger partial charge >= 0.3 is 0 Å². The van der Waals surface area contributed by atoms with Gasteiger partial charge in [0.15, 0.2) is 5.82 Å². The minimum absolute atomic E-state index is 0.0318. The van der Waals surface area contributed by atoms with E-state index in [0.717, 1.165) is 11.3 Å². The summed E-state index contributed by atoms with van der Waals surface area (Å²) in [6, 6.07) is 3.48. The molecule has 0 aliphatic heterocycles. The summed E-state index contributed by atoms with van der Waals surface area (Å²) >= 11 is 1.51. The Morgan fingerprint density at radius 1 is 1.55 bits per heavy atom. The molecule has 2 rings (SSSR count). The summed E-state index contributed by atoms with van der Waals surface area (Å²) in [6.07, 6.45) is 2.34. The van der Waals surface area contributed by atoms with Gasteiger partial charge in [0.25, 0.3) is 0 Å². The van der Waals surface area contributed by atoms with Crippen LogP contribution in [0.4, 0.5) is 5.82 Å². The SMILES string of the molecule is CCCn1cc(S(=O)(=O)NC(C)c2cccs2)c(N)n1. The summed E-state index contributed by atoms with van der Waals surface area (Å²) in [4.78, 5) is 0.988. The third-order valence-corrected chi connectivity index (χ3v) is 5.41. The monoisotopic (exact) mass is 314 g/mol. The maximum Gasteiger partial charge on any atom is 0.246 e. The predicted octanol–water partition coefficient (Wildman–Crippen LogP) is 1.98. The van der Waals surface area contributed by atoms with E-state index in [1.807, 2.05) is 24.4 Å². The van der Waals surface area contributed by atoms with Crippen LogP contribution in [0.1, 0.15) is 31.2 Å². The molecule has 1 atom stereocenters. The normalized spacial score (nSPS) is 13.5. The van der Waals surface area contributed by atoms with Crippen molar-refractivity contribution in [1.82, 2.24) is 14.5 Å². The van der Waals surface area contributed by atoms with E-state index in [0.29, 0.717) is 6.54 Å². The van der Waals surface area contributed by atoms with E-state index in [-0.39, 0.29) is 16.8 Å². The lowest BCUT2D eigenvalue weighted by atomic mass is 10.3. The van der Waals surface area contributed by atoms with Gasteiger partial charge in [-0.15, -0.1) is 11.3 Å². The van der Waals surface area contributed by atoms with Crippen molar-refractivity contribution in [1.29, 1.82) is 0 Å². The molecule has 0 radical (unpaired) electrons. The van der Waals surface area contributed by atoms with Crippen molar-refractivity contribution in [2.45, 2.75) is 37.8 Å². The number of aryl methyl sites for hydroxylation is 1. The first-order chi connectivity index (χ1) is 9.44. The largest absolute Gasteiger partial charge is 0.381 e. The van der Waals surface area contributed by atoms with Crippen molar-refractivity contribution in [3.8, 4) is 0 Å². The number of thiophene rings is 1. The lowest BCUT2D eigenvalue weighted by molar-refractivity contribution is 0.567. The highest BCUT2D eigenvalue weighted by Crippen LogP contribution is 2.23. The fourth-order valence-corrected chi connectivity index (χ4v) is 3.97. The summed E-state index contributed by atoms with van der Waals surface area (Å²) in [7, 11) is -3.67. The highest BCUT2D eigenvalue weighted by atomic mass is 32.2. The summed E-state index contributed by atoms with van der Waals surface area (Å²) in [5.41, 5.74) is 5.70. The minimum Gasteiger partial charge on any atom is -0.381 e. The first kappa shape index (κ1) is 15.0. The van der Waals surface area contributed by atoms with E-state index < -0.39 is 10.0 Å². The Hall–Kier alpha value is -1.38. The molecule has 20 heavy (non-hydrogen) atoms. The number of hydrogen-bond donors (Lipinski definition) is 2. The lowest BCUT2D eigenvalue weighted by Gasteiger charge is -2.11. The number of hydrogen-bond acceptors (Lipinski definition) is 5. The second-order valence-electron chi connectivity index (χ2n) is 4.50. The van der Waals surface area contributed by atoms with Gasteiger partial charge < -0.3 is 5.73 Å². The third kappa shape index (κ3) is 3.20. The Bertz CT molecular complexity index is 662. The van der Waals surface area contributed by atoms with Gasteiger partial charge in [-0.05, 0) is 24.8 Å². The molecule has 0 aliphatic carbocycles. The van der Waals surface area contributed by atoms with Crippen LogP contribution in [0.5, 0.6) is 0 Å². The number of nitrogens with two attached hydrogens (primary N) is 1. The van der Waals surface area contributed by atoms with Crippen LogP contribution in [-0.4, -0.2) is 18.2 Å². The van der Waals surface area contributed by atoms with E-state index in [4.69, 9.17) is 5.73 Å². The smallest absolute Gasteiger partial charge is 0.246 e. The maximum absolute atomic E-state index is 12.3. The Balaban J connectivity index is 2.22. The molecule has 0 amide bonds. The fourth-order valence-electron chi connectivity index (χ4n) is 1.86. The fraction of sp³-hybridized carbons (Fsp3) is 0.417. The first-order valence-electron chi connectivity index (χ1n) is 6.32. The van der Waals surface area contributed by atoms with E-state index in [2.05, 4.69) is 9.82 Å². The molecule has 0 saturated heterocycles. The summed E-state index contributed by atoms with van der Waals surface area (Å²) in [6.45, 7) is 4.43. The van der Waals surface area contributed by atoms with Crippen molar-refractivity contribution in [3.63, 3.8) is 0 Å². The Kier molecular flexibility index (Phi) is 4.46. The van der Waals surface area contributed by atoms with Crippen LogP contribution < -0.4 is 10.5 Å². The number of nitrogen functional groups attached to an aromatic ring is 1. The zero-order valence-electron chi connectivity index (χ0n) is 11.4. The lowest BCUT2D eigenvalue weighted by Crippen LogP contribution is -2.26. The summed E-state index contributed by atoms with van der Waals surface area (Å²) in [5.74, 6) is 0.0318. The maximum atomic E-state index is 12.3. The van der Waals surface area contributed by atoms with Gasteiger partial charge in [0, 0.05) is 17.6 Å². The van der Waals surface area contributed by atoms with E-state index in [1.165, 1.54) is 17.5 Å². The molecule has 0 spiro atoms. The second-order valence-corrected chi connectivity index (χ2v) is 7.16. The highest BCUT2D eigenvalue weighted by Gasteiger charge is 2.24. The van der Waals surface area contributed by atoms with Crippen LogP contribution in [-0.2, 0) is 16.6 Å². The molecule has 0 bridgehead atoms. The van der Waals surface area contributed by atoms with Gasteiger partial charge in [-0.3, -0.25) is 4.68 Å². The quantitative estimate of drug-likeness (QED) is 0.853. The number of aromatic nitrogens is 2. The zero-order valence-corrected chi connectivity index (χ0v) is 13.0. The number of rotatable bonds is 6. The van der Waals surface area contributed by atoms with Crippen LogP contribution in [0.3, 0.4) is 0 Å². The molecular formula is C12H18N4O2S2. The molecule has 3 N–H and O–H groups in total. The predicted molar refractivity (Wildman–Crippen MR) is 80.0 cm³/mol. The van der Waals surface area contributed by atoms with Crippen LogP contribution in [0.25, 0.3) is 0 Å². The average molecular weight is 314 g/mol. The minimum atomic E-state index is -3.67. The standard InChI is InChI=1S/C12H18N4O2S2/c1-3-6-16-8-11(12(13)14-16)20(17,18)15-9(2)10-5-4-7-19-10/h4-5,7-9,15H,3,6H2,1-2H3,(H2,13,14). The van der Waals surface area contributed by atoms with Crippen molar-refractivity contribution >= 4 is 27.2 Å². The molecule has 1 unspecified atom stereocenters. The molecular weight excluding hydrogens is 296 g/mol. The topological polar surface area (TPSA) is 90.0 Å². The first-order valence-corrected chi connectivity index (χ1v) is 8.69. The van der Waals surface area contributed by atoms with E-state index in [1.54, 1.807) is 11.6 Å². The molecule has 110 valence electrons. The van der Waals surface area contributed by atoms with Crippen LogP contribution in [0, 0.1) is 0 Å². The van der Waals surface area contributed by atoms with Crippen LogP contribution in [0.2, 0.25) is 0 Å². The molecule has 0 fully saturated rings. The molecule has 0 aromatic carbocycles. The van der Waals surface area contributed by atoms with Crippen LogP contribution in [0.15, 0.2) is 28.6 Å². The molecule has 2 aromatic heterocycles. The number of nitrogens with one attached hydrogen (secondary N) is 1. The van der Waals surface area contributed by atoms with Crippen molar-refractivity contribution < 1.29 is 8.42 Å². The molecule has 2 aromatic rings. The van der Waals surface area contributed by atoms with Gasteiger partial charge in [0.2, 0.25) is 10.0 Å². The van der Waals surface area contributed by atoms with Crippen LogP contribution >= 0.6 is 11.3 Å². The number of anilines is 1. The number of sulfonamides is 1. The van der Waals surface area contributed by atoms with Gasteiger partial charge in [-0.25, -0.2) is 13.1 Å². The molecule has 6 nitrogen and oxygen atoms in total. The molecule has 0 saturated carbocycles. The highest BCUT2D eigenvalue weighted by molar-refractivity contribution is 7.89. The zero-order chi connectivity index (χ0) is 14.8. The van der Waals surface area contributed by atoms with Crippen molar-refractivity contribution in [2.75, 3.05) is 5.73 Å². The Morgan fingerprint density at radius 2 is 2.30 bits per heavy atom. The van der Waals surface area contributed by atoms with Gasteiger partial charge in [-0.2, -0.15) is 5.10 Å². The summed E-state index contributed by atoms with van der Waals surface area (Å²) < 4.78 is 28.8. The Morgan fingerprint density at radius 3 is 2.90 bits per heavy atom. The van der Waals surface area contributed by atoms with Crippen molar-refractivity contribution in [2.24, 2.45) is 0 Å².